The van der Waals surface area contributed by atoms with E-state index in [2.05, 4.69) is 39.7 Å². The van der Waals surface area contributed by atoms with Gasteiger partial charge in [0, 0.05) is 0 Å². The van der Waals surface area contributed by atoms with E-state index in [1.165, 1.54) is 49.7 Å². The first-order chi connectivity index (χ1) is 9.33. The molecule has 106 valence electrons. The van der Waals surface area contributed by atoms with Crippen LogP contribution in [0.4, 0.5) is 0 Å². The molecule has 19 heavy (non-hydrogen) atoms. The molecule has 0 radical (unpaired) electrons. The van der Waals surface area contributed by atoms with E-state index in [4.69, 9.17) is 4.74 Å². The van der Waals surface area contributed by atoms with Crippen LogP contribution in [0.25, 0.3) is 0 Å². The third-order valence-electron chi connectivity index (χ3n) is 3.57. The molecular formula is C17H29BO. The van der Waals surface area contributed by atoms with Crippen LogP contribution in [0.15, 0.2) is 12.0 Å². The van der Waals surface area contributed by atoms with Gasteiger partial charge in [0.25, 0.3) is 0 Å². The van der Waals surface area contributed by atoms with E-state index >= 15 is 0 Å². The van der Waals surface area contributed by atoms with E-state index in [1.54, 1.807) is 0 Å². The molecule has 0 amide bonds. The number of ether oxygens (including phenoxy) is 1. The molecular weight excluding hydrogens is 231 g/mol. The molecule has 1 heterocycles. The molecule has 0 bridgehead atoms. The molecule has 0 aliphatic heterocycles. The van der Waals surface area contributed by atoms with Crippen molar-refractivity contribution in [1.82, 2.24) is 0 Å². The van der Waals surface area contributed by atoms with Gasteiger partial charge in [0.15, 0.2) is 0 Å². The van der Waals surface area contributed by atoms with E-state index in [0.717, 1.165) is 25.1 Å². The summed E-state index contributed by atoms with van der Waals surface area (Å²) < 4.78 is 6.00. The molecule has 0 aliphatic rings. The molecule has 1 rings (SSSR count). The van der Waals surface area contributed by atoms with Gasteiger partial charge in [-0.1, -0.05) is 0 Å². The van der Waals surface area contributed by atoms with Crippen LogP contribution in [0.5, 0.6) is 5.64 Å². The number of hydrogen-bond acceptors (Lipinski definition) is 1. The summed E-state index contributed by atoms with van der Waals surface area (Å²) in [4.78, 5) is 0. The van der Waals surface area contributed by atoms with Gasteiger partial charge in [-0.25, -0.2) is 0 Å². The van der Waals surface area contributed by atoms with Crippen LogP contribution in [0.1, 0.15) is 70.4 Å². The van der Waals surface area contributed by atoms with Crippen LogP contribution >= 0.6 is 0 Å². The normalized spacial score (nSPS) is 10.5. The molecule has 0 aliphatic carbocycles. The monoisotopic (exact) mass is 260 g/mol. The Morgan fingerprint density at radius 1 is 0.947 bits per heavy atom. The summed E-state index contributed by atoms with van der Waals surface area (Å²) >= 11 is 0. The number of unbranched alkanes of at least 4 members (excludes halogenated alkanes) is 3. The quantitative estimate of drug-likeness (QED) is 0.544. The molecule has 2 heteroatoms. The first-order valence-corrected chi connectivity index (χ1v) is 8.07. The molecule has 0 spiro atoms. The number of aryl methyl sites for hydroxylation is 1. The van der Waals surface area contributed by atoms with Gasteiger partial charge in [-0.3, -0.25) is 0 Å². The topological polar surface area (TPSA) is 9.23 Å². The summed E-state index contributed by atoms with van der Waals surface area (Å²) in [7, 11) is 0. The van der Waals surface area contributed by atoms with E-state index in [0.29, 0.717) is 0 Å². The van der Waals surface area contributed by atoms with Crippen LogP contribution in [0.2, 0.25) is 0 Å². The first kappa shape index (κ1) is 16.3. The predicted molar refractivity (Wildman–Crippen MR) is 85.4 cm³/mol. The van der Waals surface area contributed by atoms with Crippen LogP contribution in [0.3, 0.4) is 0 Å². The fraction of sp³-hybridized carbons (Fsp3) is 0.706. The second-order valence-corrected chi connectivity index (χ2v) is 5.30. The van der Waals surface area contributed by atoms with E-state index in [9.17, 15) is 0 Å². The average Bonchev–Trinajstić information content (AvgIpc) is 2.44. The zero-order chi connectivity index (χ0) is 13.9. The van der Waals surface area contributed by atoms with Gasteiger partial charge in [0.05, 0.1) is 0 Å². The second-order valence-electron chi connectivity index (χ2n) is 5.30. The van der Waals surface area contributed by atoms with Gasteiger partial charge in [-0.15, -0.1) is 0 Å². The Kier molecular flexibility index (Phi) is 8.61. The Bertz CT molecular complexity index is 349. The molecule has 0 saturated heterocycles. The molecule has 1 nitrogen and oxygen atoms in total. The molecule has 0 N–H and O–H groups in total. The Labute approximate surface area is 120 Å². The summed E-state index contributed by atoms with van der Waals surface area (Å²) in [6.07, 6.45) is 9.74. The van der Waals surface area contributed by atoms with Crippen molar-refractivity contribution in [3.05, 3.63) is 23.2 Å². The van der Waals surface area contributed by atoms with Crippen LogP contribution < -0.4 is 4.74 Å². The zero-order valence-corrected chi connectivity index (χ0v) is 13.0. The van der Waals surface area contributed by atoms with Gasteiger partial charge in [-0.05, 0) is 0 Å². The summed E-state index contributed by atoms with van der Waals surface area (Å²) in [6.45, 7) is 9.72. The first-order valence-electron chi connectivity index (χ1n) is 8.07. The average molecular weight is 260 g/mol. The van der Waals surface area contributed by atoms with Gasteiger partial charge in [-0.2, -0.15) is 0 Å². The predicted octanol–water partition coefficient (Wildman–Crippen LogP) is 4.89. The molecule has 0 atom stereocenters. The van der Waals surface area contributed by atoms with Gasteiger partial charge >= 0.3 is 119 Å². The van der Waals surface area contributed by atoms with Crippen molar-refractivity contribution in [3.63, 3.8) is 0 Å². The van der Waals surface area contributed by atoms with Crippen molar-refractivity contribution in [3.8, 4) is 5.64 Å². The van der Waals surface area contributed by atoms with Crippen molar-refractivity contribution in [2.24, 2.45) is 0 Å². The molecule has 0 unspecified atom stereocenters. The minimum absolute atomic E-state index is 0.854. The van der Waals surface area contributed by atoms with Gasteiger partial charge in [0.1, 0.15) is 0 Å². The Balaban J connectivity index is 2.79. The molecule has 0 aromatic carbocycles. The van der Waals surface area contributed by atoms with Crippen molar-refractivity contribution < 1.29 is 4.74 Å². The van der Waals surface area contributed by atoms with Crippen molar-refractivity contribution in [2.45, 2.75) is 72.1 Å². The molecule has 0 saturated carbocycles. The van der Waals surface area contributed by atoms with Crippen LogP contribution in [-0.4, -0.2) is 13.5 Å². The van der Waals surface area contributed by atoms with Crippen molar-refractivity contribution in [1.29, 1.82) is 0 Å². The van der Waals surface area contributed by atoms with Gasteiger partial charge in [0.2, 0.25) is 0 Å². The Hall–Kier alpha value is -0.785. The molecule has 1 aromatic heterocycles. The maximum absolute atomic E-state index is 6.00. The minimum atomic E-state index is 0.854. The zero-order valence-electron chi connectivity index (χ0n) is 13.0. The third-order valence-corrected chi connectivity index (χ3v) is 3.57. The van der Waals surface area contributed by atoms with E-state index < -0.39 is 0 Å². The van der Waals surface area contributed by atoms with Crippen LogP contribution in [-0.2, 0) is 12.8 Å². The number of rotatable bonds is 10. The summed E-state index contributed by atoms with van der Waals surface area (Å²) in [6, 6.07) is 2.29. The van der Waals surface area contributed by atoms with Crippen LogP contribution in [0, 0.1) is 0 Å². The SMILES string of the molecule is CCCCOc1bccc(CCCC)c1CCCC. The fourth-order valence-electron chi connectivity index (χ4n) is 2.31. The summed E-state index contributed by atoms with van der Waals surface area (Å²) in [5.41, 5.74) is 4.11. The Morgan fingerprint density at radius 3 is 2.32 bits per heavy atom. The maximum atomic E-state index is 6.00. The fourth-order valence-corrected chi connectivity index (χ4v) is 2.31. The van der Waals surface area contributed by atoms with Crippen molar-refractivity contribution in [2.75, 3.05) is 6.61 Å². The molecule has 0 fully saturated rings. The summed E-state index contributed by atoms with van der Waals surface area (Å²) in [5.74, 6) is 2.15. The van der Waals surface area contributed by atoms with E-state index in [-0.39, 0.29) is 0 Å². The third kappa shape index (κ3) is 5.80. The van der Waals surface area contributed by atoms with Crippen molar-refractivity contribution >= 4 is 6.91 Å². The molecule has 1 aromatic rings. The van der Waals surface area contributed by atoms with Gasteiger partial charge < -0.3 is 0 Å². The standard InChI is InChI=1S/C17H29BO/c1-4-7-10-15-12-13-18-17(19-14-9-6-3)16(15)11-8-5-2/h12-13H,4-11,14H2,1-3H3. The Morgan fingerprint density at radius 2 is 1.63 bits per heavy atom. The second kappa shape index (κ2) is 10.1. The number of hydrogen-bond donors (Lipinski definition) is 0. The summed E-state index contributed by atoms with van der Waals surface area (Å²) in [5, 5.41) is 0. The van der Waals surface area contributed by atoms with E-state index in [1.807, 2.05) is 0 Å².